The van der Waals surface area contributed by atoms with Crippen LogP contribution in [0, 0.1) is 11.6 Å². The summed E-state index contributed by atoms with van der Waals surface area (Å²) in [6, 6.07) is 9.79. The Balaban J connectivity index is 2.03. The summed E-state index contributed by atoms with van der Waals surface area (Å²) in [5, 5.41) is 11.9. The molecule has 0 radical (unpaired) electrons. The van der Waals surface area contributed by atoms with Crippen molar-refractivity contribution in [3.05, 3.63) is 65.2 Å². The molecular formula is C15H13F2NO2S. The molecule has 0 unspecified atom stereocenters. The Morgan fingerprint density at radius 1 is 1.24 bits per heavy atom. The molecule has 2 N–H and O–H groups in total. The third kappa shape index (κ3) is 4.13. The van der Waals surface area contributed by atoms with Crippen LogP contribution in [0.3, 0.4) is 0 Å². The molecule has 21 heavy (non-hydrogen) atoms. The summed E-state index contributed by atoms with van der Waals surface area (Å²) in [4.78, 5) is 11.0. The summed E-state index contributed by atoms with van der Waals surface area (Å²) >= 11 is 0.695. The lowest BCUT2D eigenvalue weighted by molar-refractivity contribution is 0.0698. The Kier molecular flexibility index (Phi) is 5.05. The largest absolute Gasteiger partial charge is 0.478 e. The van der Waals surface area contributed by atoms with Crippen LogP contribution in [0.15, 0.2) is 42.5 Å². The second kappa shape index (κ2) is 6.99. The van der Waals surface area contributed by atoms with E-state index in [2.05, 4.69) is 5.32 Å². The van der Waals surface area contributed by atoms with E-state index in [9.17, 15) is 13.6 Å². The number of halogens is 2. The third-order valence-corrected chi connectivity index (χ3v) is 3.57. The molecular weight excluding hydrogens is 296 g/mol. The van der Waals surface area contributed by atoms with Gasteiger partial charge in [0.05, 0.1) is 11.3 Å². The molecule has 6 heteroatoms. The van der Waals surface area contributed by atoms with Gasteiger partial charge in [0, 0.05) is 11.2 Å². The first-order chi connectivity index (χ1) is 10.1. The predicted molar refractivity (Wildman–Crippen MR) is 82.1 cm³/mol. The van der Waals surface area contributed by atoms with Crippen LogP contribution in [0.1, 0.15) is 15.9 Å². The summed E-state index contributed by atoms with van der Waals surface area (Å²) in [5.74, 6) is -1.67. The molecule has 2 rings (SSSR count). The highest BCUT2D eigenvalue weighted by atomic mass is 32.1. The maximum absolute atomic E-state index is 13.4. The van der Waals surface area contributed by atoms with E-state index >= 15 is 0 Å². The van der Waals surface area contributed by atoms with Crippen LogP contribution in [0.4, 0.5) is 14.5 Å². The van der Waals surface area contributed by atoms with Gasteiger partial charge < -0.3 is 10.4 Å². The minimum atomic E-state index is -1.03. The van der Waals surface area contributed by atoms with Crippen molar-refractivity contribution in [3.63, 3.8) is 0 Å². The number of nitrogens with one attached hydrogen (secondary N) is 1. The Morgan fingerprint density at radius 3 is 2.76 bits per heavy atom. The summed E-state index contributed by atoms with van der Waals surface area (Å²) in [6.45, 7) is 0. The Bertz CT molecular complexity index is 689. The first kappa shape index (κ1) is 15.2. The summed E-state index contributed by atoms with van der Waals surface area (Å²) in [7, 11) is 0. The lowest BCUT2D eigenvalue weighted by atomic mass is 10.2. The standard InChI is InChI=1S/C15H13F2NO2S/c16-11-5-6-13(17)10(7-11)8-21-9-18-14-4-2-1-3-12(14)15(19)20/h1-7,9,18,21H,8H2,(H,19,20). The van der Waals surface area contributed by atoms with E-state index in [0.29, 0.717) is 22.8 Å². The van der Waals surface area contributed by atoms with Crippen molar-refractivity contribution in [3.8, 4) is 0 Å². The minimum absolute atomic E-state index is 0.154. The van der Waals surface area contributed by atoms with Crippen molar-refractivity contribution in [1.82, 2.24) is 0 Å². The minimum Gasteiger partial charge on any atom is -0.478 e. The van der Waals surface area contributed by atoms with Crippen LogP contribution >= 0.6 is 11.4 Å². The van der Waals surface area contributed by atoms with Gasteiger partial charge in [-0.25, -0.2) is 13.6 Å². The zero-order valence-corrected chi connectivity index (χ0v) is 11.8. The molecule has 0 aliphatic heterocycles. The van der Waals surface area contributed by atoms with E-state index < -0.39 is 17.6 Å². The fourth-order valence-corrected chi connectivity index (χ4v) is 2.48. The molecule has 0 spiro atoms. The Labute approximate surface area is 124 Å². The number of anilines is 1. The van der Waals surface area contributed by atoms with Gasteiger partial charge in [0.15, 0.2) is 0 Å². The molecule has 0 bridgehead atoms. The van der Waals surface area contributed by atoms with E-state index in [1.165, 1.54) is 6.07 Å². The zero-order valence-electron chi connectivity index (χ0n) is 10.9. The molecule has 2 aromatic carbocycles. The van der Waals surface area contributed by atoms with Crippen LogP contribution < -0.4 is 5.32 Å². The molecule has 3 nitrogen and oxygen atoms in total. The molecule has 2 aromatic rings. The van der Waals surface area contributed by atoms with Gasteiger partial charge in [-0.05, 0) is 35.9 Å². The first-order valence-corrected chi connectivity index (χ1v) is 7.24. The van der Waals surface area contributed by atoms with E-state index in [1.54, 1.807) is 23.7 Å². The Morgan fingerprint density at radius 2 is 2.00 bits per heavy atom. The fraction of sp³-hybridized carbons (Fsp3) is 0.0667. The number of carboxylic acid groups (broad SMARTS) is 1. The lowest BCUT2D eigenvalue weighted by Gasteiger charge is -2.05. The number of hydrogen-bond acceptors (Lipinski definition) is 1. The van der Waals surface area contributed by atoms with E-state index in [0.717, 1.165) is 18.2 Å². The predicted octanol–water partition coefficient (Wildman–Crippen LogP) is 3.50. The van der Waals surface area contributed by atoms with Crippen LogP contribution in [0.25, 0.3) is 0 Å². The second-order valence-electron chi connectivity index (χ2n) is 4.20. The number of benzene rings is 2. The third-order valence-electron chi connectivity index (χ3n) is 2.74. The molecule has 110 valence electrons. The van der Waals surface area contributed by atoms with Crippen LogP contribution in [0.2, 0.25) is 0 Å². The van der Waals surface area contributed by atoms with Gasteiger partial charge >= 0.3 is 5.97 Å². The molecule has 0 atom stereocenters. The van der Waals surface area contributed by atoms with Crippen molar-refractivity contribution < 1.29 is 18.7 Å². The van der Waals surface area contributed by atoms with Crippen molar-refractivity contribution in [2.24, 2.45) is 0 Å². The van der Waals surface area contributed by atoms with E-state index in [-0.39, 0.29) is 11.1 Å². The summed E-state index contributed by atoms with van der Waals surface area (Å²) in [6.07, 6.45) is 0. The quantitative estimate of drug-likeness (QED) is 0.585. The number of carboxylic acids is 1. The van der Waals surface area contributed by atoms with Crippen molar-refractivity contribution in [2.45, 2.75) is 5.75 Å². The van der Waals surface area contributed by atoms with Crippen LogP contribution in [-0.4, -0.2) is 16.6 Å². The summed E-state index contributed by atoms with van der Waals surface area (Å²) in [5.41, 5.74) is 2.49. The van der Waals surface area contributed by atoms with Crippen molar-refractivity contribution >= 4 is 28.5 Å². The normalized spacial score (nSPS) is 11.1. The Hall–Kier alpha value is -2.21. The number of para-hydroxylation sites is 1. The number of carbonyl (C=O) groups is 1. The molecule has 0 heterocycles. The van der Waals surface area contributed by atoms with Crippen molar-refractivity contribution in [2.75, 3.05) is 5.32 Å². The van der Waals surface area contributed by atoms with Crippen LogP contribution in [-0.2, 0) is 5.75 Å². The number of thiol groups is 1. The maximum Gasteiger partial charge on any atom is 0.337 e. The smallest absolute Gasteiger partial charge is 0.337 e. The topological polar surface area (TPSA) is 49.3 Å². The van der Waals surface area contributed by atoms with Gasteiger partial charge in [0.2, 0.25) is 0 Å². The molecule has 0 aromatic heterocycles. The first-order valence-electron chi connectivity index (χ1n) is 6.09. The molecule has 0 aliphatic rings. The highest BCUT2D eigenvalue weighted by Crippen LogP contribution is 2.16. The van der Waals surface area contributed by atoms with Gasteiger partial charge in [-0.1, -0.05) is 12.1 Å². The van der Waals surface area contributed by atoms with Gasteiger partial charge in [-0.2, -0.15) is 11.4 Å². The highest BCUT2D eigenvalue weighted by molar-refractivity contribution is 7.96. The highest BCUT2D eigenvalue weighted by Gasteiger charge is 2.07. The SMILES string of the molecule is O=C(O)c1ccccc1NC=[SH]Cc1cc(F)ccc1F. The lowest BCUT2D eigenvalue weighted by Crippen LogP contribution is -2.03. The molecule has 0 saturated heterocycles. The summed E-state index contributed by atoms with van der Waals surface area (Å²) < 4.78 is 26.4. The molecule has 0 saturated carbocycles. The van der Waals surface area contributed by atoms with Crippen LogP contribution in [0.5, 0.6) is 0 Å². The second-order valence-corrected chi connectivity index (χ2v) is 5.14. The van der Waals surface area contributed by atoms with E-state index in [1.807, 2.05) is 0 Å². The zero-order chi connectivity index (χ0) is 15.2. The average Bonchev–Trinajstić information content (AvgIpc) is 2.47. The monoisotopic (exact) mass is 309 g/mol. The maximum atomic E-state index is 13.4. The fourth-order valence-electron chi connectivity index (χ4n) is 1.72. The number of aromatic carboxylic acids is 1. The molecule has 0 fully saturated rings. The molecule has 0 amide bonds. The van der Waals surface area contributed by atoms with Crippen molar-refractivity contribution in [1.29, 1.82) is 0 Å². The van der Waals surface area contributed by atoms with Gasteiger partial charge in [-0.3, -0.25) is 0 Å². The molecule has 0 aliphatic carbocycles. The van der Waals surface area contributed by atoms with Gasteiger partial charge in [0.1, 0.15) is 11.6 Å². The van der Waals surface area contributed by atoms with E-state index in [4.69, 9.17) is 5.11 Å². The number of rotatable bonds is 5. The van der Waals surface area contributed by atoms with Gasteiger partial charge in [-0.15, -0.1) is 0 Å². The average molecular weight is 309 g/mol. The van der Waals surface area contributed by atoms with Gasteiger partial charge in [0.25, 0.3) is 0 Å². The number of hydrogen-bond donors (Lipinski definition) is 3.